The number of furan rings is 1. The van der Waals surface area contributed by atoms with Gasteiger partial charge in [-0.25, -0.2) is 0 Å². The molecule has 0 saturated heterocycles. The van der Waals surface area contributed by atoms with Crippen molar-refractivity contribution in [1.82, 2.24) is 0 Å². The number of rotatable bonds is 5. The summed E-state index contributed by atoms with van der Waals surface area (Å²) >= 11 is 0. The fraction of sp³-hybridized carbons (Fsp3) is 0.0169. The molecular formula is C59H37NO. The number of anilines is 3. The number of nitrogens with zero attached hydrogens (tertiary/aromatic N) is 1. The highest BCUT2D eigenvalue weighted by atomic mass is 16.3. The van der Waals surface area contributed by atoms with Crippen molar-refractivity contribution in [2.75, 3.05) is 4.90 Å². The van der Waals surface area contributed by atoms with Gasteiger partial charge in [0, 0.05) is 33.4 Å². The van der Waals surface area contributed by atoms with Gasteiger partial charge in [-0.05, 0) is 121 Å². The molecule has 0 fully saturated rings. The molecule has 13 rings (SSSR count). The lowest BCUT2D eigenvalue weighted by Gasteiger charge is -2.30. The molecule has 2 nitrogen and oxygen atoms in total. The fourth-order valence-electron chi connectivity index (χ4n) is 10.6. The van der Waals surface area contributed by atoms with Crippen LogP contribution in [0.2, 0.25) is 0 Å². The van der Waals surface area contributed by atoms with E-state index in [1.54, 1.807) is 0 Å². The van der Waals surface area contributed by atoms with Gasteiger partial charge in [-0.2, -0.15) is 0 Å². The Bertz CT molecular complexity index is 3470. The lowest BCUT2D eigenvalue weighted by atomic mass is 9.70. The second-order valence-corrected chi connectivity index (χ2v) is 16.4. The molecule has 0 N–H and O–H groups in total. The Balaban J connectivity index is 0.921. The number of fused-ring (bicyclic) bond motifs is 14. The SMILES string of the molecule is c1ccc2c(c1)-c1ccccc1C21c2ccccc2-c2ccc(-c3ccc(N(c4ccc(-c5cccc6c5oc5ccccc56)cc4)c4ccc5ccccc5c4)cc3)cc21. The first-order valence-corrected chi connectivity index (χ1v) is 21.1. The first-order chi connectivity index (χ1) is 30.2. The van der Waals surface area contributed by atoms with Crippen LogP contribution in [-0.4, -0.2) is 0 Å². The average Bonchev–Trinajstić information content (AvgIpc) is 3.96. The maximum atomic E-state index is 6.43. The highest BCUT2D eigenvalue weighted by Crippen LogP contribution is 2.63. The van der Waals surface area contributed by atoms with E-state index in [9.17, 15) is 0 Å². The standard InChI is InChI=1S/C59H37NO/c1-2-13-41-36-45(34-26-38(41)12-1)60(44-32-27-40(28-33-44)46-18-11-19-52-51-17-6-10-23-57(51)61-58(46)52)43-30-24-39(25-31-43)42-29-35-50-49-16-5-9-22-55(49)59(56(50)37-42)53-20-7-3-14-47(53)48-15-4-8-21-54(48)59/h1-37H. The van der Waals surface area contributed by atoms with Gasteiger partial charge in [0.25, 0.3) is 0 Å². The number of para-hydroxylation sites is 2. The van der Waals surface area contributed by atoms with Gasteiger partial charge in [-0.3, -0.25) is 0 Å². The van der Waals surface area contributed by atoms with Crippen LogP contribution in [-0.2, 0) is 5.41 Å². The lowest BCUT2D eigenvalue weighted by Crippen LogP contribution is -2.25. The summed E-state index contributed by atoms with van der Waals surface area (Å²) in [5, 5.41) is 4.70. The van der Waals surface area contributed by atoms with E-state index in [2.05, 4.69) is 217 Å². The zero-order valence-corrected chi connectivity index (χ0v) is 33.2. The molecule has 0 aliphatic heterocycles. The Morgan fingerprint density at radius 3 is 1.51 bits per heavy atom. The van der Waals surface area contributed by atoms with Crippen LogP contribution in [0.1, 0.15) is 22.3 Å². The number of hydrogen-bond donors (Lipinski definition) is 0. The van der Waals surface area contributed by atoms with E-state index in [1.165, 1.54) is 66.4 Å². The quantitative estimate of drug-likeness (QED) is 0.173. The summed E-state index contributed by atoms with van der Waals surface area (Å²) in [5.41, 5.74) is 20.0. The predicted molar refractivity (Wildman–Crippen MR) is 253 cm³/mol. The van der Waals surface area contributed by atoms with Crippen molar-refractivity contribution in [3.05, 3.63) is 247 Å². The molecule has 2 heteroatoms. The fourth-order valence-corrected chi connectivity index (χ4v) is 10.6. The van der Waals surface area contributed by atoms with Crippen molar-refractivity contribution < 1.29 is 4.42 Å². The average molecular weight is 776 g/mol. The van der Waals surface area contributed by atoms with Crippen LogP contribution in [0.4, 0.5) is 17.1 Å². The van der Waals surface area contributed by atoms with Crippen molar-refractivity contribution in [3.63, 3.8) is 0 Å². The minimum Gasteiger partial charge on any atom is -0.455 e. The molecular weight excluding hydrogens is 739 g/mol. The van der Waals surface area contributed by atoms with E-state index in [4.69, 9.17) is 4.42 Å². The molecule has 61 heavy (non-hydrogen) atoms. The Morgan fingerprint density at radius 2 is 0.820 bits per heavy atom. The van der Waals surface area contributed by atoms with Crippen molar-refractivity contribution in [1.29, 1.82) is 0 Å². The van der Waals surface area contributed by atoms with E-state index in [0.717, 1.165) is 50.1 Å². The molecule has 284 valence electrons. The third kappa shape index (κ3) is 4.91. The molecule has 0 bridgehead atoms. The summed E-state index contributed by atoms with van der Waals surface area (Å²) in [5.74, 6) is 0. The summed E-state index contributed by atoms with van der Waals surface area (Å²) in [6.07, 6.45) is 0. The third-order valence-corrected chi connectivity index (χ3v) is 13.3. The molecule has 0 unspecified atom stereocenters. The van der Waals surface area contributed by atoms with Gasteiger partial charge in [-0.15, -0.1) is 0 Å². The van der Waals surface area contributed by atoms with E-state index in [-0.39, 0.29) is 5.41 Å². The molecule has 0 radical (unpaired) electrons. The van der Waals surface area contributed by atoms with Crippen LogP contribution in [0, 0.1) is 0 Å². The van der Waals surface area contributed by atoms with Crippen LogP contribution >= 0.6 is 0 Å². The summed E-state index contributed by atoms with van der Waals surface area (Å²) in [6.45, 7) is 0. The molecule has 0 amide bonds. The number of benzene rings is 10. The topological polar surface area (TPSA) is 16.4 Å². The van der Waals surface area contributed by atoms with Crippen molar-refractivity contribution in [3.8, 4) is 44.5 Å². The van der Waals surface area contributed by atoms with E-state index in [0.29, 0.717) is 0 Å². The first-order valence-electron chi connectivity index (χ1n) is 21.1. The molecule has 1 aromatic heterocycles. The molecule has 0 atom stereocenters. The monoisotopic (exact) mass is 775 g/mol. The predicted octanol–water partition coefficient (Wildman–Crippen LogP) is 15.9. The van der Waals surface area contributed by atoms with Crippen molar-refractivity contribution in [2.45, 2.75) is 5.41 Å². The lowest BCUT2D eigenvalue weighted by molar-refractivity contribution is 0.670. The van der Waals surface area contributed by atoms with Gasteiger partial charge in [0.2, 0.25) is 0 Å². The Labute approximate surface area is 354 Å². The van der Waals surface area contributed by atoms with Gasteiger partial charge in [0.1, 0.15) is 11.2 Å². The minimum atomic E-state index is -0.371. The summed E-state index contributed by atoms with van der Waals surface area (Å²) < 4.78 is 6.43. The van der Waals surface area contributed by atoms with Crippen LogP contribution in [0.5, 0.6) is 0 Å². The number of hydrogen-bond acceptors (Lipinski definition) is 2. The van der Waals surface area contributed by atoms with E-state index in [1.807, 2.05) is 12.1 Å². The normalized spacial score (nSPS) is 13.0. The maximum absolute atomic E-state index is 6.43. The van der Waals surface area contributed by atoms with Crippen molar-refractivity contribution in [2.24, 2.45) is 0 Å². The molecule has 1 spiro atoms. The summed E-state index contributed by atoms with van der Waals surface area (Å²) in [6, 6.07) is 82.2. The van der Waals surface area contributed by atoms with Gasteiger partial charge in [0.15, 0.2) is 0 Å². The summed E-state index contributed by atoms with van der Waals surface area (Å²) in [7, 11) is 0. The second kappa shape index (κ2) is 13.0. The minimum absolute atomic E-state index is 0.371. The zero-order valence-electron chi connectivity index (χ0n) is 33.2. The largest absolute Gasteiger partial charge is 0.455 e. The third-order valence-electron chi connectivity index (χ3n) is 13.3. The van der Waals surface area contributed by atoms with Gasteiger partial charge < -0.3 is 9.32 Å². The summed E-state index contributed by atoms with van der Waals surface area (Å²) in [4.78, 5) is 2.36. The highest BCUT2D eigenvalue weighted by molar-refractivity contribution is 6.09. The van der Waals surface area contributed by atoms with E-state index >= 15 is 0 Å². The van der Waals surface area contributed by atoms with Gasteiger partial charge >= 0.3 is 0 Å². The molecule has 1 heterocycles. The maximum Gasteiger partial charge on any atom is 0.143 e. The Morgan fingerprint density at radius 1 is 0.311 bits per heavy atom. The van der Waals surface area contributed by atoms with Crippen LogP contribution in [0.25, 0.3) is 77.2 Å². The molecule has 11 aromatic rings. The second-order valence-electron chi connectivity index (χ2n) is 16.4. The van der Waals surface area contributed by atoms with Crippen LogP contribution in [0.3, 0.4) is 0 Å². The van der Waals surface area contributed by atoms with Gasteiger partial charge in [0.05, 0.1) is 5.41 Å². The molecule has 10 aromatic carbocycles. The molecule has 2 aliphatic rings. The Hall–Kier alpha value is -7.94. The Kier molecular flexibility index (Phi) is 7.26. The molecule has 0 saturated carbocycles. The van der Waals surface area contributed by atoms with Crippen LogP contribution in [0.15, 0.2) is 229 Å². The first kappa shape index (κ1) is 34.0. The van der Waals surface area contributed by atoms with Gasteiger partial charge in [-0.1, -0.05) is 176 Å². The smallest absolute Gasteiger partial charge is 0.143 e. The van der Waals surface area contributed by atoms with E-state index < -0.39 is 0 Å². The van der Waals surface area contributed by atoms with Crippen molar-refractivity contribution >= 4 is 49.8 Å². The zero-order chi connectivity index (χ0) is 40.1. The molecule has 2 aliphatic carbocycles. The van der Waals surface area contributed by atoms with Crippen LogP contribution < -0.4 is 4.90 Å². The highest BCUT2D eigenvalue weighted by Gasteiger charge is 2.51.